The van der Waals surface area contributed by atoms with Crippen LogP contribution in [0.3, 0.4) is 0 Å². The Labute approximate surface area is 119 Å². The zero-order valence-electron chi connectivity index (χ0n) is 11.6. The van der Waals surface area contributed by atoms with Gasteiger partial charge < -0.3 is 9.47 Å². The summed E-state index contributed by atoms with van der Waals surface area (Å²) < 4.78 is 36.2. The third-order valence-electron chi connectivity index (χ3n) is 2.69. The molecular formula is C13H18N2O4S. The molecule has 0 aromatic heterocycles. The molecule has 0 saturated carbocycles. The van der Waals surface area contributed by atoms with Gasteiger partial charge in [0.25, 0.3) is 0 Å². The van der Waals surface area contributed by atoms with Crippen LogP contribution >= 0.6 is 0 Å². The number of rotatable bonds is 8. The maximum atomic E-state index is 12.5. The van der Waals surface area contributed by atoms with Crippen LogP contribution in [0.5, 0.6) is 0 Å². The lowest BCUT2D eigenvalue weighted by Gasteiger charge is -2.21. The highest BCUT2D eigenvalue weighted by Crippen LogP contribution is 2.16. The summed E-state index contributed by atoms with van der Waals surface area (Å²) in [5.74, 6) is 0. The Kier molecular flexibility index (Phi) is 6.61. The van der Waals surface area contributed by atoms with Gasteiger partial charge in [0.05, 0.1) is 29.7 Å². The highest BCUT2D eigenvalue weighted by Gasteiger charge is 2.24. The van der Waals surface area contributed by atoms with E-state index in [-0.39, 0.29) is 18.0 Å². The monoisotopic (exact) mass is 298 g/mol. The van der Waals surface area contributed by atoms with Crippen molar-refractivity contribution in [2.45, 2.75) is 4.90 Å². The molecule has 0 heterocycles. The number of sulfonamides is 1. The first-order chi connectivity index (χ1) is 9.56. The minimum atomic E-state index is -3.66. The molecule has 1 aromatic rings. The topological polar surface area (TPSA) is 79.6 Å². The van der Waals surface area contributed by atoms with E-state index in [4.69, 9.17) is 14.7 Å². The van der Waals surface area contributed by atoms with E-state index in [0.29, 0.717) is 18.8 Å². The van der Waals surface area contributed by atoms with Gasteiger partial charge in [-0.3, -0.25) is 0 Å². The first-order valence-electron chi connectivity index (χ1n) is 6.04. The molecule has 6 nitrogen and oxygen atoms in total. The molecular weight excluding hydrogens is 280 g/mol. The lowest BCUT2D eigenvalue weighted by molar-refractivity contribution is 0.150. The Bertz CT molecular complexity index is 558. The molecule has 0 amide bonds. The van der Waals surface area contributed by atoms with Crippen molar-refractivity contribution in [3.63, 3.8) is 0 Å². The third kappa shape index (κ3) is 4.28. The van der Waals surface area contributed by atoms with E-state index in [1.165, 1.54) is 30.7 Å². The van der Waals surface area contributed by atoms with Gasteiger partial charge in [-0.25, -0.2) is 8.42 Å². The van der Waals surface area contributed by atoms with Crippen molar-refractivity contribution in [2.24, 2.45) is 0 Å². The predicted molar refractivity (Wildman–Crippen MR) is 73.7 cm³/mol. The van der Waals surface area contributed by atoms with Gasteiger partial charge >= 0.3 is 0 Å². The van der Waals surface area contributed by atoms with Crippen LogP contribution < -0.4 is 0 Å². The van der Waals surface area contributed by atoms with Crippen molar-refractivity contribution in [1.29, 1.82) is 5.26 Å². The van der Waals surface area contributed by atoms with E-state index >= 15 is 0 Å². The van der Waals surface area contributed by atoms with E-state index in [1.807, 2.05) is 6.07 Å². The molecule has 0 aliphatic heterocycles. The number of ether oxygens (including phenoxy) is 2. The van der Waals surface area contributed by atoms with Crippen LogP contribution in [0.4, 0.5) is 0 Å². The zero-order valence-corrected chi connectivity index (χ0v) is 12.4. The highest BCUT2D eigenvalue weighted by molar-refractivity contribution is 7.89. The summed E-state index contributed by atoms with van der Waals surface area (Å²) in [6.45, 7) is 1.06. The van der Waals surface area contributed by atoms with Crippen molar-refractivity contribution < 1.29 is 17.9 Å². The second-order valence-corrected chi connectivity index (χ2v) is 5.97. The Hall–Kier alpha value is -1.46. The van der Waals surface area contributed by atoms with Crippen LogP contribution in [0.25, 0.3) is 0 Å². The number of nitriles is 1. The van der Waals surface area contributed by atoms with Crippen molar-refractivity contribution in [2.75, 3.05) is 40.5 Å². The predicted octanol–water partition coefficient (Wildman–Crippen LogP) is 0.842. The summed E-state index contributed by atoms with van der Waals surface area (Å²) >= 11 is 0. The molecule has 0 radical (unpaired) electrons. The van der Waals surface area contributed by atoms with Gasteiger partial charge in [-0.1, -0.05) is 6.07 Å². The SMILES string of the molecule is COCCN(CCOC)S(=O)(=O)c1cccc(C#N)c1. The molecule has 0 unspecified atom stereocenters. The van der Waals surface area contributed by atoms with Crippen molar-refractivity contribution in [3.8, 4) is 6.07 Å². The Morgan fingerprint density at radius 3 is 2.30 bits per heavy atom. The van der Waals surface area contributed by atoms with Gasteiger partial charge in [-0.2, -0.15) is 9.57 Å². The van der Waals surface area contributed by atoms with Gasteiger partial charge in [0.15, 0.2) is 0 Å². The van der Waals surface area contributed by atoms with Crippen LogP contribution in [0.1, 0.15) is 5.56 Å². The van der Waals surface area contributed by atoms with Crippen molar-refractivity contribution in [1.82, 2.24) is 4.31 Å². The Morgan fingerprint density at radius 2 is 1.80 bits per heavy atom. The second-order valence-electron chi connectivity index (χ2n) is 4.03. The summed E-state index contributed by atoms with van der Waals surface area (Å²) in [6, 6.07) is 7.89. The molecule has 7 heteroatoms. The molecule has 0 spiro atoms. The molecule has 110 valence electrons. The van der Waals surface area contributed by atoms with Gasteiger partial charge in [0.2, 0.25) is 10.0 Å². The fraction of sp³-hybridized carbons (Fsp3) is 0.462. The van der Waals surface area contributed by atoms with Crippen LogP contribution in [0.2, 0.25) is 0 Å². The summed E-state index contributed by atoms with van der Waals surface area (Å²) in [6.07, 6.45) is 0. The summed E-state index contributed by atoms with van der Waals surface area (Å²) in [5, 5.41) is 8.85. The van der Waals surface area contributed by atoms with Crippen molar-refractivity contribution >= 4 is 10.0 Å². The minimum Gasteiger partial charge on any atom is -0.383 e. The molecule has 1 rings (SSSR count). The molecule has 0 bridgehead atoms. The van der Waals surface area contributed by atoms with E-state index in [0.717, 1.165) is 0 Å². The number of hydrogen-bond acceptors (Lipinski definition) is 5. The zero-order chi connectivity index (χ0) is 15.0. The maximum absolute atomic E-state index is 12.5. The van der Waals surface area contributed by atoms with E-state index in [9.17, 15) is 8.42 Å². The van der Waals surface area contributed by atoms with Crippen LogP contribution in [-0.4, -0.2) is 53.2 Å². The molecule has 0 aliphatic rings. The maximum Gasteiger partial charge on any atom is 0.243 e. The second kappa shape index (κ2) is 7.97. The fourth-order valence-electron chi connectivity index (χ4n) is 1.61. The Morgan fingerprint density at radius 1 is 1.20 bits per heavy atom. The van der Waals surface area contributed by atoms with Crippen LogP contribution in [0, 0.1) is 11.3 Å². The van der Waals surface area contributed by atoms with Crippen LogP contribution in [-0.2, 0) is 19.5 Å². The normalized spacial score (nSPS) is 11.5. The standard InChI is InChI=1S/C13H18N2O4S/c1-18-8-6-15(7-9-19-2)20(16,17)13-5-3-4-12(10-13)11-14/h3-5,10H,6-9H2,1-2H3. The van der Waals surface area contributed by atoms with Gasteiger partial charge in [-0.15, -0.1) is 0 Å². The quantitative estimate of drug-likeness (QED) is 0.710. The van der Waals surface area contributed by atoms with Gasteiger partial charge in [0, 0.05) is 27.3 Å². The van der Waals surface area contributed by atoms with Gasteiger partial charge in [0.1, 0.15) is 0 Å². The molecule has 0 fully saturated rings. The summed E-state index contributed by atoms with van der Waals surface area (Å²) in [5.41, 5.74) is 0.310. The number of benzene rings is 1. The largest absolute Gasteiger partial charge is 0.383 e. The summed E-state index contributed by atoms with van der Waals surface area (Å²) in [7, 11) is -0.633. The first-order valence-corrected chi connectivity index (χ1v) is 7.48. The Balaban J connectivity index is 3.04. The molecule has 0 N–H and O–H groups in total. The number of methoxy groups -OCH3 is 2. The molecule has 0 atom stereocenters. The van der Waals surface area contributed by atoms with E-state index in [2.05, 4.69) is 0 Å². The van der Waals surface area contributed by atoms with E-state index < -0.39 is 10.0 Å². The molecule has 0 saturated heterocycles. The lowest BCUT2D eigenvalue weighted by Crippen LogP contribution is -2.36. The minimum absolute atomic E-state index is 0.101. The van der Waals surface area contributed by atoms with Crippen LogP contribution in [0.15, 0.2) is 29.2 Å². The smallest absolute Gasteiger partial charge is 0.243 e. The molecule has 20 heavy (non-hydrogen) atoms. The average molecular weight is 298 g/mol. The average Bonchev–Trinajstić information content (AvgIpc) is 2.47. The number of nitrogens with zero attached hydrogens (tertiary/aromatic N) is 2. The first kappa shape index (κ1) is 16.6. The van der Waals surface area contributed by atoms with E-state index in [1.54, 1.807) is 12.1 Å². The van der Waals surface area contributed by atoms with Crippen molar-refractivity contribution in [3.05, 3.63) is 29.8 Å². The highest BCUT2D eigenvalue weighted by atomic mass is 32.2. The van der Waals surface area contributed by atoms with Gasteiger partial charge in [-0.05, 0) is 18.2 Å². The fourth-order valence-corrected chi connectivity index (χ4v) is 3.07. The molecule has 1 aromatic carbocycles. The molecule has 0 aliphatic carbocycles. The summed E-state index contributed by atoms with van der Waals surface area (Å²) in [4.78, 5) is 0.101. The number of hydrogen-bond donors (Lipinski definition) is 0. The lowest BCUT2D eigenvalue weighted by atomic mass is 10.2. The third-order valence-corrected chi connectivity index (χ3v) is 4.59.